The molecule has 1 heterocycles. The molecule has 0 amide bonds. The van der Waals surface area contributed by atoms with Crippen molar-refractivity contribution in [2.45, 2.75) is 40.5 Å². The fourth-order valence-electron chi connectivity index (χ4n) is 2.70. The number of H-pyrrole nitrogens is 1. The van der Waals surface area contributed by atoms with E-state index in [0.29, 0.717) is 11.3 Å². The molecular formula is C15H22BrN3. The largest absolute Gasteiger partial charge is 0.397 e. The Morgan fingerprint density at radius 2 is 2.05 bits per heavy atom. The first-order valence-corrected chi connectivity index (χ1v) is 7.47. The number of aromatic nitrogens is 2. The number of anilines is 1. The number of hydrogen-bond acceptors (Lipinski definition) is 2. The first kappa shape index (κ1) is 14.4. The molecule has 104 valence electrons. The summed E-state index contributed by atoms with van der Waals surface area (Å²) >= 11 is 3.46. The second-order valence-corrected chi connectivity index (χ2v) is 7.56. The Labute approximate surface area is 123 Å². The van der Waals surface area contributed by atoms with Crippen LogP contribution in [0, 0.1) is 11.3 Å². The third-order valence-electron chi connectivity index (χ3n) is 3.13. The second kappa shape index (κ2) is 5.16. The molecular weight excluding hydrogens is 302 g/mol. The molecule has 2 rings (SSSR count). The Kier molecular flexibility index (Phi) is 3.90. The Hall–Kier alpha value is -1.03. The molecule has 4 heteroatoms. The number of nitrogen functional groups attached to an aromatic ring is 1. The number of imidazole rings is 1. The number of nitrogens with one attached hydrogen (secondary N) is 1. The van der Waals surface area contributed by atoms with Crippen molar-refractivity contribution in [3.8, 4) is 0 Å². The Morgan fingerprint density at radius 1 is 1.37 bits per heavy atom. The van der Waals surface area contributed by atoms with Crippen LogP contribution in [0.1, 0.15) is 39.9 Å². The average Bonchev–Trinajstić information content (AvgIpc) is 2.56. The number of hydrogen-bond donors (Lipinski definition) is 2. The van der Waals surface area contributed by atoms with Crippen LogP contribution in [0.5, 0.6) is 0 Å². The van der Waals surface area contributed by atoms with Crippen molar-refractivity contribution in [3.63, 3.8) is 0 Å². The van der Waals surface area contributed by atoms with Gasteiger partial charge in [-0.25, -0.2) is 4.98 Å². The first-order chi connectivity index (χ1) is 8.74. The number of benzene rings is 1. The van der Waals surface area contributed by atoms with Crippen LogP contribution in [-0.4, -0.2) is 9.97 Å². The van der Waals surface area contributed by atoms with Gasteiger partial charge in [0.2, 0.25) is 0 Å². The summed E-state index contributed by atoms with van der Waals surface area (Å²) in [5, 5.41) is 0. The molecule has 0 bridgehead atoms. The second-order valence-electron chi connectivity index (χ2n) is 6.65. The highest BCUT2D eigenvalue weighted by Crippen LogP contribution is 2.28. The standard InChI is InChI=1S/C15H22BrN3/c1-9(8-15(2,3)4)5-13-18-12-7-10(16)6-11(17)14(12)19-13/h6-7,9H,5,8,17H2,1-4H3,(H,18,19). The first-order valence-electron chi connectivity index (χ1n) is 6.68. The molecule has 0 aliphatic heterocycles. The lowest BCUT2D eigenvalue weighted by molar-refractivity contribution is 0.304. The molecule has 0 aliphatic rings. The number of aromatic amines is 1. The van der Waals surface area contributed by atoms with Crippen LogP contribution in [0.2, 0.25) is 0 Å². The molecule has 0 radical (unpaired) electrons. The molecule has 1 atom stereocenters. The SMILES string of the molecule is CC(Cc1nc2c(N)cc(Br)cc2[nH]1)CC(C)(C)C. The quantitative estimate of drug-likeness (QED) is 0.816. The molecule has 2 aromatic rings. The van der Waals surface area contributed by atoms with Gasteiger partial charge in [-0.3, -0.25) is 0 Å². The van der Waals surface area contributed by atoms with Gasteiger partial charge >= 0.3 is 0 Å². The van der Waals surface area contributed by atoms with Crippen LogP contribution in [0.3, 0.4) is 0 Å². The van der Waals surface area contributed by atoms with E-state index in [1.807, 2.05) is 12.1 Å². The maximum absolute atomic E-state index is 5.99. The maximum atomic E-state index is 5.99. The number of halogens is 1. The summed E-state index contributed by atoms with van der Waals surface area (Å²) in [6.07, 6.45) is 2.15. The van der Waals surface area contributed by atoms with Crippen molar-refractivity contribution < 1.29 is 0 Å². The minimum atomic E-state index is 0.355. The van der Waals surface area contributed by atoms with Crippen LogP contribution in [0.25, 0.3) is 11.0 Å². The predicted octanol–water partition coefficient (Wildman–Crippen LogP) is 4.52. The molecule has 0 fully saturated rings. The van der Waals surface area contributed by atoms with E-state index in [1.165, 1.54) is 6.42 Å². The Bertz CT molecular complexity index is 581. The van der Waals surface area contributed by atoms with Gasteiger partial charge in [0, 0.05) is 10.9 Å². The molecule has 0 saturated carbocycles. The monoisotopic (exact) mass is 323 g/mol. The fraction of sp³-hybridized carbons (Fsp3) is 0.533. The summed E-state index contributed by atoms with van der Waals surface area (Å²) in [5.41, 5.74) is 8.94. The normalized spacial score (nSPS) is 13.9. The topological polar surface area (TPSA) is 54.7 Å². The van der Waals surface area contributed by atoms with Crippen molar-refractivity contribution in [2.75, 3.05) is 5.73 Å². The van der Waals surface area contributed by atoms with Crippen molar-refractivity contribution in [1.29, 1.82) is 0 Å². The van der Waals surface area contributed by atoms with E-state index in [4.69, 9.17) is 5.73 Å². The van der Waals surface area contributed by atoms with Gasteiger partial charge in [0.05, 0.1) is 11.2 Å². The number of nitrogens with two attached hydrogens (primary N) is 1. The number of fused-ring (bicyclic) bond motifs is 1. The zero-order valence-electron chi connectivity index (χ0n) is 12.0. The molecule has 1 aromatic heterocycles. The summed E-state index contributed by atoms with van der Waals surface area (Å²) in [6, 6.07) is 3.92. The number of rotatable bonds is 3. The van der Waals surface area contributed by atoms with Crippen LogP contribution < -0.4 is 5.73 Å². The van der Waals surface area contributed by atoms with Crippen LogP contribution in [0.4, 0.5) is 5.69 Å². The highest BCUT2D eigenvalue weighted by molar-refractivity contribution is 9.10. The van der Waals surface area contributed by atoms with Gasteiger partial charge in [0.15, 0.2) is 0 Å². The van der Waals surface area contributed by atoms with Gasteiger partial charge < -0.3 is 10.7 Å². The zero-order chi connectivity index (χ0) is 14.2. The maximum Gasteiger partial charge on any atom is 0.112 e. The summed E-state index contributed by atoms with van der Waals surface area (Å²) in [7, 11) is 0. The zero-order valence-corrected chi connectivity index (χ0v) is 13.6. The molecule has 3 N–H and O–H groups in total. The van der Waals surface area contributed by atoms with Crippen LogP contribution in [0.15, 0.2) is 16.6 Å². The lowest BCUT2D eigenvalue weighted by atomic mass is 9.84. The summed E-state index contributed by atoms with van der Waals surface area (Å²) in [4.78, 5) is 7.99. The van der Waals surface area contributed by atoms with Crippen molar-refractivity contribution in [1.82, 2.24) is 9.97 Å². The van der Waals surface area contributed by atoms with Crippen LogP contribution >= 0.6 is 15.9 Å². The minimum absolute atomic E-state index is 0.355. The van der Waals surface area contributed by atoms with E-state index >= 15 is 0 Å². The molecule has 19 heavy (non-hydrogen) atoms. The van der Waals surface area contributed by atoms with Gasteiger partial charge in [-0.15, -0.1) is 0 Å². The van der Waals surface area contributed by atoms with Gasteiger partial charge in [0.1, 0.15) is 11.3 Å². The van der Waals surface area contributed by atoms with Gasteiger partial charge in [-0.1, -0.05) is 43.6 Å². The number of nitrogens with zero attached hydrogens (tertiary/aromatic N) is 1. The lowest BCUT2D eigenvalue weighted by Gasteiger charge is -2.22. The molecule has 3 nitrogen and oxygen atoms in total. The van der Waals surface area contributed by atoms with Gasteiger partial charge in [0.25, 0.3) is 0 Å². The van der Waals surface area contributed by atoms with Crippen molar-refractivity contribution >= 4 is 32.7 Å². The summed E-state index contributed by atoms with van der Waals surface area (Å²) in [5.74, 6) is 1.63. The molecule has 0 aliphatic carbocycles. The molecule has 0 saturated heterocycles. The average molecular weight is 324 g/mol. The third kappa shape index (κ3) is 3.72. The summed E-state index contributed by atoms with van der Waals surface area (Å²) in [6.45, 7) is 9.10. The van der Waals surface area contributed by atoms with E-state index in [2.05, 4.69) is 53.6 Å². The molecule has 1 unspecified atom stereocenters. The predicted molar refractivity (Wildman–Crippen MR) is 85.1 cm³/mol. The third-order valence-corrected chi connectivity index (χ3v) is 3.59. The van der Waals surface area contributed by atoms with Gasteiger partial charge in [-0.2, -0.15) is 0 Å². The van der Waals surface area contributed by atoms with E-state index in [0.717, 1.165) is 33.4 Å². The fourth-order valence-corrected chi connectivity index (χ4v) is 3.18. The lowest BCUT2D eigenvalue weighted by Crippen LogP contribution is -2.13. The van der Waals surface area contributed by atoms with Crippen molar-refractivity contribution in [2.24, 2.45) is 11.3 Å². The Morgan fingerprint density at radius 3 is 2.68 bits per heavy atom. The highest BCUT2D eigenvalue weighted by atomic mass is 79.9. The van der Waals surface area contributed by atoms with E-state index in [1.54, 1.807) is 0 Å². The molecule has 0 spiro atoms. The minimum Gasteiger partial charge on any atom is -0.397 e. The summed E-state index contributed by atoms with van der Waals surface area (Å²) < 4.78 is 0.982. The smallest absolute Gasteiger partial charge is 0.112 e. The van der Waals surface area contributed by atoms with Crippen molar-refractivity contribution in [3.05, 3.63) is 22.4 Å². The van der Waals surface area contributed by atoms with Crippen LogP contribution in [-0.2, 0) is 6.42 Å². The highest BCUT2D eigenvalue weighted by Gasteiger charge is 2.17. The molecule has 1 aromatic carbocycles. The van der Waals surface area contributed by atoms with E-state index < -0.39 is 0 Å². The van der Waals surface area contributed by atoms with E-state index in [9.17, 15) is 0 Å². The Balaban J connectivity index is 2.20. The van der Waals surface area contributed by atoms with Gasteiger partial charge in [-0.05, 0) is 29.9 Å². The van der Waals surface area contributed by atoms with E-state index in [-0.39, 0.29) is 0 Å².